The fraction of sp³-hybridized carbons (Fsp3) is 0.0500. The van der Waals surface area contributed by atoms with Gasteiger partial charge in [0.15, 0.2) is 0 Å². The molecule has 0 unspecified atom stereocenters. The van der Waals surface area contributed by atoms with Crippen LogP contribution in [0.25, 0.3) is 22.4 Å². The number of fused-ring (bicyclic) bond motifs is 1. The van der Waals surface area contributed by atoms with E-state index in [4.69, 9.17) is 16.3 Å². The molecule has 0 amide bonds. The quantitative estimate of drug-likeness (QED) is 0.497. The van der Waals surface area contributed by atoms with E-state index < -0.39 is 10.0 Å². The van der Waals surface area contributed by atoms with Gasteiger partial charge in [-0.1, -0.05) is 23.7 Å². The van der Waals surface area contributed by atoms with Gasteiger partial charge in [-0.25, -0.2) is 13.4 Å². The number of aromatic nitrogens is 2. The number of benzene rings is 3. The minimum Gasteiger partial charge on any atom is -0.497 e. The highest BCUT2D eigenvalue weighted by Gasteiger charge is 2.16. The molecule has 2 N–H and O–H groups in total. The standard InChI is InChI=1S/C20H16ClN3O3S/c1-27-14-7-9-15(10-8-14)28(25,26)24-13-6-11-17(21)16(12-13)20-22-18-4-2-3-5-19(18)23-20/h2-12,24H,1H3,(H,22,23). The van der Waals surface area contributed by atoms with Gasteiger partial charge in [-0.2, -0.15) is 0 Å². The van der Waals surface area contributed by atoms with Gasteiger partial charge in [-0.15, -0.1) is 0 Å². The topological polar surface area (TPSA) is 84.1 Å². The molecule has 0 radical (unpaired) electrons. The van der Waals surface area contributed by atoms with Gasteiger partial charge in [0.2, 0.25) is 0 Å². The van der Waals surface area contributed by atoms with E-state index in [0.717, 1.165) is 11.0 Å². The molecule has 142 valence electrons. The Kier molecular flexibility index (Phi) is 4.70. The second kappa shape index (κ2) is 7.18. The van der Waals surface area contributed by atoms with Crippen molar-refractivity contribution in [3.63, 3.8) is 0 Å². The van der Waals surface area contributed by atoms with Crippen LogP contribution in [0.2, 0.25) is 5.02 Å². The number of methoxy groups -OCH3 is 1. The summed E-state index contributed by atoms with van der Waals surface area (Å²) in [5.41, 5.74) is 2.67. The van der Waals surface area contributed by atoms with Gasteiger partial charge in [-0.3, -0.25) is 4.72 Å². The first-order valence-electron chi connectivity index (χ1n) is 8.38. The minimum absolute atomic E-state index is 0.133. The van der Waals surface area contributed by atoms with Gasteiger partial charge < -0.3 is 9.72 Å². The first-order valence-corrected chi connectivity index (χ1v) is 10.2. The number of H-pyrrole nitrogens is 1. The van der Waals surface area contributed by atoms with Crippen LogP contribution >= 0.6 is 11.6 Å². The lowest BCUT2D eigenvalue weighted by atomic mass is 10.2. The molecule has 0 aliphatic heterocycles. The molecule has 0 bridgehead atoms. The number of anilines is 1. The lowest BCUT2D eigenvalue weighted by Crippen LogP contribution is -2.12. The van der Waals surface area contributed by atoms with Gasteiger partial charge in [0, 0.05) is 11.3 Å². The highest BCUT2D eigenvalue weighted by Crippen LogP contribution is 2.31. The Morgan fingerprint density at radius 1 is 1.04 bits per heavy atom. The molecule has 0 aliphatic rings. The third-order valence-corrected chi connectivity index (χ3v) is 5.96. The molecule has 8 heteroatoms. The van der Waals surface area contributed by atoms with E-state index in [0.29, 0.717) is 27.8 Å². The van der Waals surface area contributed by atoms with Crippen molar-refractivity contribution in [2.45, 2.75) is 4.90 Å². The minimum atomic E-state index is -3.75. The van der Waals surface area contributed by atoms with Crippen LogP contribution in [-0.2, 0) is 10.0 Å². The highest BCUT2D eigenvalue weighted by atomic mass is 35.5. The smallest absolute Gasteiger partial charge is 0.261 e. The van der Waals surface area contributed by atoms with Crippen molar-refractivity contribution in [1.29, 1.82) is 0 Å². The van der Waals surface area contributed by atoms with Crippen molar-refractivity contribution >= 4 is 38.3 Å². The number of nitrogens with one attached hydrogen (secondary N) is 2. The van der Waals surface area contributed by atoms with Crippen molar-refractivity contribution < 1.29 is 13.2 Å². The Hall–Kier alpha value is -3.03. The number of imidazole rings is 1. The van der Waals surface area contributed by atoms with Crippen LogP contribution in [0.3, 0.4) is 0 Å². The van der Waals surface area contributed by atoms with Crippen molar-refractivity contribution in [1.82, 2.24) is 9.97 Å². The molecule has 4 rings (SSSR count). The molecule has 1 heterocycles. The first-order chi connectivity index (χ1) is 13.5. The Labute approximate surface area is 167 Å². The van der Waals surface area contributed by atoms with Crippen LogP contribution in [-0.4, -0.2) is 25.5 Å². The predicted molar refractivity (Wildman–Crippen MR) is 110 cm³/mol. The largest absolute Gasteiger partial charge is 0.497 e. The summed E-state index contributed by atoms with van der Waals surface area (Å²) in [5.74, 6) is 1.15. The Balaban J connectivity index is 1.68. The SMILES string of the molecule is COc1ccc(S(=O)(=O)Nc2ccc(Cl)c(-c3nc4ccccc4[nH]3)c2)cc1. The van der Waals surface area contributed by atoms with E-state index in [1.165, 1.54) is 19.2 Å². The molecular formula is C20H16ClN3O3S. The van der Waals surface area contributed by atoms with Crippen LogP contribution in [0, 0.1) is 0 Å². The third-order valence-electron chi connectivity index (χ3n) is 4.23. The molecular weight excluding hydrogens is 398 g/mol. The lowest BCUT2D eigenvalue weighted by Gasteiger charge is -2.10. The highest BCUT2D eigenvalue weighted by molar-refractivity contribution is 7.92. The normalized spacial score (nSPS) is 11.5. The molecule has 0 fully saturated rings. The van der Waals surface area contributed by atoms with E-state index >= 15 is 0 Å². The maximum atomic E-state index is 12.7. The van der Waals surface area contributed by atoms with Gasteiger partial charge in [0.1, 0.15) is 11.6 Å². The summed E-state index contributed by atoms with van der Waals surface area (Å²) >= 11 is 6.33. The number of rotatable bonds is 5. The van der Waals surface area contributed by atoms with Crippen molar-refractivity contribution in [3.05, 3.63) is 71.8 Å². The summed E-state index contributed by atoms with van der Waals surface area (Å²) in [5, 5.41) is 0.464. The van der Waals surface area contributed by atoms with E-state index in [1.807, 2.05) is 24.3 Å². The number of para-hydroxylation sites is 2. The number of ether oxygens (including phenoxy) is 1. The molecule has 4 aromatic rings. The van der Waals surface area contributed by atoms with Crippen LogP contribution in [0.4, 0.5) is 5.69 Å². The summed E-state index contributed by atoms with van der Waals surface area (Å²) in [4.78, 5) is 7.86. The summed E-state index contributed by atoms with van der Waals surface area (Å²) in [6, 6.07) is 18.7. The number of nitrogens with zero attached hydrogens (tertiary/aromatic N) is 1. The number of hydrogen-bond donors (Lipinski definition) is 2. The monoisotopic (exact) mass is 413 g/mol. The van der Waals surface area contributed by atoms with E-state index in [-0.39, 0.29) is 4.90 Å². The van der Waals surface area contributed by atoms with Gasteiger partial charge in [-0.05, 0) is 54.6 Å². The average Bonchev–Trinajstić information content (AvgIpc) is 3.13. The summed E-state index contributed by atoms with van der Waals surface area (Å²) in [6.45, 7) is 0. The van der Waals surface area contributed by atoms with Crippen molar-refractivity contribution in [3.8, 4) is 17.1 Å². The predicted octanol–water partition coefficient (Wildman–Crippen LogP) is 4.69. The molecule has 0 atom stereocenters. The Bertz CT molecular complexity index is 1220. The number of aromatic amines is 1. The van der Waals surface area contributed by atoms with Crippen molar-refractivity contribution in [2.75, 3.05) is 11.8 Å². The molecule has 28 heavy (non-hydrogen) atoms. The van der Waals surface area contributed by atoms with Gasteiger partial charge in [0.25, 0.3) is 10.0 Å². The number of hydrogen-bond acceptors (Lipinski definition) is 4. The average molecular weight is 414 g/mol. The molecule has 1 aromatic heterocycles. The molecule has 6 nitrogen and oxygen atoms in total. The fourth-order valence-corrected chi connectivity index (χ4v) is 4.08. The summed E-state index contributed by atoms with van der Waals surface area (Å²) < 4.78 is 33.0. The van der Waals surface area contributed by atoms with Gasteiger partial charge >= 0.3 is 0 Å². The third kappa shape index (κ3) is 3.54. The zero-order valence-electron chi connectivity index (χ0n) is 14.8. The van der Waals surface area contributed by atoms with E-state index in [1.54, 1.807) is 30.3 Å². The molecule has 0 spiro atoms. The fourth-order valence-electron chi connectivity index (χ4n) is 2.82. The van der Waals surface area contributed by atoms with Gasteiger partial charge in [0.05, 0.1) is 28.1 Å². The summed E-state index contributed by atoms with van der Waals surface area (Å²) in [6.07, 6.45) is 0. The van der Waals surface area contributed by atoms with E-state index in [9.17, 15) is 8.42 Å². The number of sulfonamides is 1. The maximum absolute atomic E-state index is 12.7. The number of halogens is 1. The van der Waals surface area contributed by atoms with Crippen LogP contribution in [0.5, 0.6) is 5.75 Å². The van der Waals surface area contributed by atoms with E-state index in [2.05, 4.69) is 14.7 Å². The molecule has 3 aromatic carbocycles. The Morgan fingerprint density at radius 3 is 2.50 bits per heavy atom. The zero-order valence-corrected chi connectivity index (χ0v) is 16.4. The molecule has 0 saturated carbocycles. The van der Waals surface area contributed by atoms with Crippen LogP contribution in [0.1, 0.15) is 0 Å². The molecule has 0 aliphatic carbocycles. The zero-order chi connectivity index (χ0) is 19.7. The summed E-state index contributed by atoms with van der Waals surface area (Å²) in [7, 11) is -2.23. The second-order valence-electron chi connectivity index (χ2n) is 6.08. The molecule has 0 saturated heterocycles. The Morgan fingerprint density at radius 2 is 1.79 bits per heavy atom. The maximum Gasteiger partial charge on any atom is 0.261 e. The first kappa shape index (κ1) is 18.3. The van der Waals surface area contributed by atoms with Crippen LogP contribution < -0.4 is 9.46 Å². The lowest BCUT2D eigenvalue weighted by molar-refractivity contribution is 0.414. The van der Waals surface area contributed by atoms with Crippen molar-refractivity contribution in [2.24, 2.45) is 0 Å². The second-order valence-corrected chi connectivity index (χ2v) is 8.17. The van der Waals surface area contributed by atoms with Crippen LogP contribution in [0.15, 0.2) is 71.6 Å².